The Morgan fingerprint density at radius 1 is 0.411 bits per heavy atom. The van der Waals surface area contributed by atoms with Crippen LogP contribution in [-0.2, 0) is 5.41 Å². The highest BCUT2D eigenvalue weighted by molar-refractivity contribution is 6.10. The third kappa shape index (κ3) is 5.05. The van der Waals surface area contributed by atoms with Crippen LogP contribution in [0.2, 0.25) is 0 Å². The summed E-state index contributed by atoms with van der Waals surface area (Å²) >= 11 is 0. The van der Waals surface area contributed by atoms with E-state index < -0.39 is 0 Å². The fraction of sp³-hybridized carbons (Fsp3) is 0.0566. The van der Waals surface area contributed by atoms with Crippen LogP contribution in [-0.4, -0.2) is 14.5 Å². The van der Waals surface area contributed by atoms with Gasteiger partial charge in [-0.3, -0.25) is 0 Å². The molecule has 2 aromatic heterocycles. The Morgan fingerprint density at radius 3 is 1.84 bits per heavy atom. The van der Waals surface area contributed by atoms with Crippen molar-refractivity contribution in [1.29, 1.82) is 0 Å². The second-order valence-corrected chi connectivity index (χ2v) is 15.4. The molecule has 3 nitrogen and oxygen atoms in total. The van der Waals surface area contributed by atoms with Gasteiger partial charge in [-0.25, -0.2) is 9.97 Å². The number of nitrogens with zero attached hydrogens (tertiary/aromatic N) is 3. The zero-order chi connectivity index (χ0) is 37.4. The maximum Gasteiger partial charge on any atom is 0.160 e. The number of benzene rings is 8. The summed E-state index contributed by atoms with van der Waals surface area (Å²) in [5.41, 5.74) is 16.0. The van der Waals surface area contributed by atoms with E-state index in [1.165, 1.54) is 60.4 Å². The number of hydrogen-bond acceptors (Lipinski definition) is 2. The Balaban J connectivity index is 1.09. The van der Waals surface area contributed by atoms with Gasteiger partial charge >= 0.3 is 0 Å². The van der Waals surface area contributed by atoms with Crippen molar-refractivity contribution in [3.05, 3.63) is 199 Å². The Morgan fingerprint density at radius 2 is 1.04 bits per heavy atom. The number of aromatic nitrogens is 3. The van der Waals surface area contributed by atoms with Crippen LogP contribution in [0.15, 0.2) is 188 Å². The van der Waals surface area contributed by atoms with Crippen molar-refractivity contribution in [2.24, 2.45) is 0 Å². The summed E-state index contributed by atoms with van der Waals surface area (Å²) in [6.45, 7) is 4.72. The molecule has 0 fully saturated rings. The molecule has 264 valence electrons. The molecule has 2 heterocycles. The largest absolute Gasteiger partial charge is 0.309 e. The van der Waals surface area contributed by atoms with Crippen molar-refractivity contribution in [2.45, 2.75) is 19.3 Å². The molecule has 0 saturated carbocycles. The minimum absolute atomic E-state index is 0.109. The van der Waals surface area contributed by atoms with Crippen molar-refractivity contribution >= 4 is 32.6 Å². The summed E-state index contributed by atoms with van der Waals surface area (Å²) in [5, 5.41) is 4.99. The van der Waals surface area contributed by atoms with Gasteiger partial charge in [0, 0.05) is 38.6 Å². The van der Waals surface area contributed by atoms with Gasteiger partial charge in [0.15, 0.2) is 5.82 Å². The van der Waals surface area contributed by atoms with E-state index in [4.69, 9.17) is 9.97 Å². The topological polar surface area (TPSA) is 30.7 Å². The molecule has 0 spiro atoms. The monoisotopic (exact) mass is 715 g/mol. The van der Waals surface area contributed by atoms with Crippen molar-refractivity contribution in [1.82, 2.24) is 14.5 Å². The first-order chi connectivity index (χ1) is 27.5. The average Bonchev–Trinajstić information content (AvgIpc) is 3.71. The van der Waals surface area contributed by atoms with E-state index in [0.717, 1.165) is 39.3 Å². The normalized spacial score (nSPS) is 13.0. The highest BCUT2D eigenvalue weighted by atomic mass is 15.0. The van der Waals surface area contributed by atoms with Crippen LogP contribution in [0.3, 0.4) is 0 Å². The van der Waals surface area contributed by atoms with E-state index >= 15 is 0 Å². The van der Waals surface area contributed by atoms with Crippen LogP contribution < -0.4 is 0 Å². The first-order valence-corrected chi connectivity index (χ1v) is 19.3. The van der Waals surface area contributed by atoms with Gasteiger partial charge in [-0.05, 0) is 92.7 Å². The second kappa shape index (κ2) is 12.5. The standard InChI is InChI=1S/C53H37N3/c1-53(2)45-25-14-24-41(51(45)44-30-35-17-9-10-18-36(35)31-46(44)53)37-19-13-20-38(29-37)47-33-48(55-52(54-47)34-15-5-3-6-16-34)39-27-28-43-42-23-11-12-26-49(42)56(50(43)32-39)40-21-7-4-8-22-40/h3-33H,1-2H3. The lowest BCUT2D eigenvalue weighted by molar-refractivity contribution is 0.661. The number of para-hydroxylation sites is 2. The van der Waals surface area contributed by atoms with E-state index in [1.54, 1.807) is 0 Å². The summed E-state index contributed by atoms with van der Waals surface area (Å²) in [6, 6.07) is 67.7. The second-order valence-electron chi connectivity index (χ2n) is 15.4. The fourth-order valence-corrected chi connectivity index (χ4v) is 9.00. The molecule has 11 rings (SSSR count). The first kappa shape index (κ1) is 32.3. The van der Waals surface area contributed by atoms with Crippen LogP contribution >= 0.6 is 0 Å². The Labute approximate surface area is 326 Å². The molecular weight excluding hydrogens is 679 g/mol. The average molecular weight is 716 g/mol. The van der Waals surface area contributed by atoms with Gasteiger partial charge in [0.25, 0.3) is 0 Å². The molecule has 8 aromatic carbocycles. The van der Waals surface area contributed by atoms with Crippen LogP contribution in [0.4, 0.5) is 0 Å². The predicted molar refractivity (Wildman–Crippen MR) is 233 cm³/mol. The SMILES string of the molecule is CC1(C)c2cc3ccccc3cc2-c2c(-c3cccc(-c4cc(-c5ccc6c7ccccc7n(-c7ccccc7)c6c5)nc(-c5ccccc5)n4)c3)cccc21. The molecule has 0 bridgehead atoms. The van der Waals surface area contributed by atoms with Crippen molar-refractivity contribution in [2.75, 3.05) is 0 Å². The van der Waals surface area contributed by atoms with Crippen molar-refractivity contribution < 1.29 is 0 Å². The minimum atomic E-state index is -0.109. The van der Waals surface area contributed by atoms with E-state index in [1.807, 2.05) is 6.07 Å². The Hall–Kier alpha value is -7.10. The van der Waals surface area contributed by atoms with Gasteiger partial charge in [-0.1, -0.05) is 153 Å². The lowest BCUT2D eigenvalue weighted by Crippen LogP contribution is -2.14. The highest BCUT2D eigenvalue weighted by Gasteiger charge is 2.37. The van der Waals surface area contributed by atoms with E-state index in [0.29, 0.717) is 5.82 Å². The molecule has 3 heteroatoms. The summed E-state index contributed by atoms with van der Waals surface area (Å²) in [7, 11) is 0. The van der Waals surface area contributed by atoms with Gasteiger partial charge in [-0.2, -0.15) is 0 Å². The van der Waals surface area contributed by atoms with Gasteiger partial charge in [0.2, 0.25) is 0 Å². The molecule has 0 amide bonds. The van der Waals surface area contributed by atoms with Crippen LogP contribution in [0, 0.1) is 0 Å². The van der Waals surface area contributed by atoms with E-state index in [9.17, 15) is 0 Å². The Kier molecular flexibility index (Phi) is 7.20. The van der Waals surface area contributed by atoms with Gasteiger partial charge < -0.3 is 4.57 Å². The molecule has 1 aliphatic carbocycles. The van der Waals surface area contributed by atoms with Crippen LogP contribution in [0.5, 0.6) is 0 Å². The summed E-state index contributed by atoms with van der Waals surface area (Å²) in [6.07, 6.45) is 0. The summed E-state index contributed by atoms with van der Waals surface area (Å²) in [5.74, 6) is 0.704. The molecule has 0 atom stereocenters. The lowest BCUT2D eigenvalue weighted by atomic mass is 9.81. The Bertz CT molecular complexity index is 3150. The summed E-state index contributed by atoms with van der Waals surface area (Å²) in [4.78, 5) is 10.5. The number of fused-ring (bicyclic) bond motifs is 7. The number of rotatable bonds is 5. The molecule has 0 aliphatic heterocycles. The maximum atomic E-state index is 5.25. The molecule has 0 unspecified atom stereocenters. The third-order valence-corrected chi connectivity index (χ3v) is 11.8. The molecule has 0 radical (unpaired) electrons. The van der Waals surface area contributed by atoms with Crippen LogP contribution in [0.25, 0.3) is 94.4 Å². The summed E-state index contributed by atoms with van der Waals surface area (Å²) < 4.78 is 2.36. The molecule has 0 saturated heterocycles. The van der Waals surface area contributed by atoms with Crippen molar-refractivity contribution in [3.8, 4) is 61.8 Å². The van der Waals surface area contributed by atoms with Crippen LogP contribution in [0.1, 0.15) is 25.0 Å². The molecule has 1 aliphatic rings. The first-order valence-electron chi connectivity index (χ1n) is 19.3. The molecular formula is C53H37N3. The zero-order valence-corrected chi connectivity index (χ0v) is 31.2. The fourth-order valence-electron chi connectivity index (χ4n) is 9.00. The molecule has 0 N–H and O–H groups in total. The quantitative estimate of drug-likeness (QED) is 0.178. The smallest absolute Gasteiger partial charge is 0.160 e. The predicted octanol–water partition coefficient (Wildman–Crippen LogP) is 13.7. The lowest BCUT2D eigenvalue weighted by Gasteiger charge is -2.22. The van der Waals surface area contributed by atoms with Gasteiger partial charge in [0.1, 0.15) is 0 Å². The van der Waals surface area contributed by atoms with E-state index in [-0.39, 0.29) is 5.41 Å². The van der Waals surface area contributed by atoms with Gasteiger partial charge in [0.05, 0.1) is 22.4 Å². The van der Waals surface area contributed by atoms with E-state index in [2.05, 4.69) is 200 Å². The number of hydrogen-bond donors (Lipinski definition) is 0. The zero-order valence-electron chi connectivity index (χ0n) is 31.2. The van der Waals surface area contributed by atoms with Crippen molar-refractivity contribution in [3.63, 3.8) is 0 Å². The third-order valence-electron chi connectivity index (χ3n) is 11.8. The maximum absolute atomic E-state index is 5.25. The molecule has 10 aromatic rings. The van der Waals surface area contributed by atoms with Gasteiger partial charge in [-0.15, -0.1) is 0 Å². The highest BCUT2D eigenvalue weighted by Crippen LogP contribution is 2.53. The minimum Gasteiger partial charge on any atom is -0.309 e. The molecule has 56 heavy (non-hydrogen) atoms.